The smallest absolute Gasteiger partial charge is 0.179 e. The van der Waals surface area contributed by atoms with Gasteiger partial charge in [0.05, 0.1) is 5.69 Å². The molecule has 1 aliphatic heterocycles. The van der Waals surface area contributed by atoms with Gasteiger partial charge in [0, 0.05) is 11.4 Å². The molecule has 86 valence electrons. The summed E-state index contributed by atoms with van der Waals surface area (Å²) in [5, 5.41) is 18.2. The van der Waals surface area contributed by atoms with Gasteiger partial charge in [-0.3, -0.25) is 0 Å². The first-order chi connectivity index (χ1) is 8.80. The fraction of sp³-hybridized carbons (Fsp3) is 0.143. The van der Waals surface area contributed by atoms with Crippen LogP contribution in [0.15, 0.2) is 51.2 Å². The van der Waals surface area contributed by atoms with E-state index in [0.29, 0.717) is 0 Å². The Morgan fingerprint density at radius 3 is 2.67 bits per heavy atom. The molecule has 0 aromatic heterocycles. The minimum Gasteiger partial charge on any atom is -0.328 e. The Morgan fingerprint density at radius 2 is 2.00 bits per heavy atom. The molecule has 0 unspecified atom stereocenters. The van der Waals surface area contributed by atoms with E-state index in [-0.39, 0.29) is 5.57 Å². The second-order valence-corrected chi connectivity index (χ2v) is 4.50. The van der Waals surface area contributed by atoms with Crippen molar-refractivity contribution in [2.24, 2.45) is 0 Å². The number of hydrogen-bond donors (Lipinski definition) is 0. The number of rotatable bonds is 1. The number of fused-ring (bicyclic) bond motifs is 1. The number of nitrogens with zero attached hydrogens (tertiary/aromatic N) is 3. The Kier molecular flexibility index (Phi) is 3.58. The van der Waals surface area contributed by atoms with Gasteiger partial charge < -0.3 is 4.90 Å². The lowest BCUT2D eigenvalue weighted by Gasteiger charge is -2.15. The minimum absolute atomic E-state index is 0.0601. The topological polar surface area (TPSA) is 50.8 Å². The first-order valence-corrected chi connectivity index (χ1v) is 6.22. The van der Waals surface area contributed by atoms with Gasteiger partial charge in [-0.1, -0.05) is 23.9 Å². The summed E-state index contributed by atoms with van der Waals surface area (Å²) in [5.74, 6) is 0. The first kappa shape index (κ1) is 12.1. The van der Waals surface area contributed by atoms with Gasteiger partial charge in [0.25, 0.3) is 0 Å². The molecule has 0 saturated heterocycles. The Bertz CT molecular complexity index is 647. The summed E-state index contributed by atoms with van der Waals surface area (Å²) in [6, 6.07) is 11.6. The lowest BCUT2D eigenvalue weighted by molar-refractivity contribution is 1.00. The van der Waals surface area contributed by atoms with Gasteiger partial charge in [0.1, 0.15) is 17.2 Å². The standard InChI is InChI=1S/C14H9N3S/c1-2-17-12-5-3-4-6-13(12)18-14(17)8-7-11(9-15)10-16/h3-6H,2H2,1H3. The number of para-hydroxylation sites is 1. The molecule has 0 bridgehead atoms. The van der Waals surface area contributed by atoms with Crippen molar-refractivity contribution in [2.75, 3.05) is 11.4 Å². The van der Waals surface area contributed by atoms with Gasteiger partial charge in [-0.25, -0.2) is 0 Å². The Hall–Kier alpha value is -2.35. The molecule has 1 aromatic carbocycles. The normalized spacial score (nSPS) is 11.9. The lowest BCUT2D eigenvalue weighted by Crippen LogP contribution is -2.15. The zero-order chi connectivity index (χ0) is 13.0. The molecule has 1 heterocycles. The fourth-order valence-electron chi connectivity index (χ4n) is 1.64. The van der Waals surface area contributed by atoms with Crippen LogP contribution in [0, 0.1) is 22.7 Å². The third-order valence-electron chi connectivity index (χ3n) is 2.44. The van der Waals surface area contributed by atoms with Crippen LogP contribution in [-0.4, -0.2) is 6.54 Å². The number of anilines is 1. The zero-order valence-electron chi connectivity index (χ0n) is 9.77. The van der Waals surface area contributed by atoms with Crippen LogP contribution in [0.4, 0.5) is 5.69 Å². The van der Waals surface area contributed by atoms with Crippen molar-refractivity contribution in [1.29, 1.82) is 10.5 Å². The van der Waals surface area contributed by atoms with Gasteiger partial charge in [-0.05, 0) is 30.5 Å². The molecule has 0 radical (unpaired) electrons. The predicted octanol–water partition coefficient (Wildman–Crippen LogP) is 3.19. The third kappa shape index (κ3) is 2.18. The quantitative estimate of drug-likeness (QED) is 0.568. The summed E-state index contributed by atoms with van der Waals surface area (Å²) in [6.45, 7) is 2.85. The number of allylic oxidation sites excluding steroid dienone is 1. The van der Waals surface area contributed by atoms with Crippen LogP contribution in [0.5, 0.6) is 0 Å². The molecule has 0 amide bonds. The predicted molar refractivity (Wildman–Crippen MR) is 70.6 cm³/mol. The molecule has 4 heteroatoms. The van der Waals surface area contributed by atoms with E-state index in [1.165, 1.54) is 0 Å². The highest BCUT2D eigenvalue weighted by molar-refractivity contribution is 8.03. The average molecular weight is 251 g/mol. The Labute approximate surface area is 110 Å². The maximum Gasteiger partial charge on any atom is 0.179 e. The van der Waals surface area contributed by atoms with E-state index in [4.69, 9.17) is 10.5 Å². The van der Waals surface area contributed by atoms with E-state index in [0.717, 1.165) is 22.2 Å². The molecule has 0 N–H and O–H groups in total. The maximum absolute atomic E-state index is 8.65. The van der Waals surface area contributed by atoms with E-state index in [9.17, 15) is 0 Å². The highest BCUT2D eigenvalue weighted by Gasteiger charge is 2.22. The van der Waals surface area contributed by atoms with Crippen molar-refractivity contribution in [3.8, 4) is 12.1 Å². The van der Waals surface area contributed by atoms with Crippen molar-refractivity contribution in [1.82, 2.24) is 0 Å². The maximum atomic E-state index is 8.65. The van der Waals surface area contributed by atoms with E-state index in [1.807, 2.05) is 31.2 Å². The number of benzene rings is 1. The van der Waals surface area contributed by atoms with Crippen LogP contribution >= 0.6 is 11.8 Å². The SMILES string of the molecule is CCN1C(=C=C=C(C#N)C#N)Sc2ccccc21. The van der Waals surface area contributed by atoms with E-state index in [2.05, 4.69) is 16.4 Å². The lowest BCUT2D eigenvalue weighted by atomic mass is 10.3. The van der Waals surface area contributed by atoms with Gasteiger partial charge in [-0.15, -0.1) is 0 Å². The fourth-order valence-corrected chi connectivity index (χ4v) is 2.72. The molecule has 3 nitrogen and oxygen atoms in total. The summed E-state index contributed by atoms with van der Waals surface area (Å²) in [6.07, 6.45) is 0. The molecular formula is C14H9N3S. The molecule has 0 fully saturated rings. The van der Waals surface area contributed by atoms with Crippen molar-refractivity contribution in [3.05, 3.63) is 46.3 Å². The second-order valence-electron chi connectivity index (χ2n) is 3.47. The third-order valence-corrected chi connectivity index (χ3v) is 3.52. The number of hydrogen-bond acceptors (Lipinski definition) is 4. The van der Waals surface area contributed by atoms with Crippen LogP contribution in [-0.2, 0) is 0 Å². The van der Waals surface area contributed by atoms with Crippen molar-refractivity contribution in [3.63, 3.8) is 0 Å². The van der Waals surface area contributed by atoms with Crippen LogP contribution in [0.1, 0.15) is 6.92 Å². The monoisotopic (exact) mass is 251 g/mol. The van der Waals surface area contributed by atoms with Gasteiger partial charge in [0.15, 0.2) is 5.57 Å². The van der Waals surface area contributed by atoms with Crippen LogP contribution in [0.2, 0.25) is 0 Å². The summed E-state index contributed by atoms with van der Waals surface area (Å²) in [7, 11) is 0. The number of thioether (sulfide) groups is 1. The highest BCUT2D eigenvalue weighted by Crippen LogP contribution is 2.44. The largest absolute Gasteiger partial charge is 0.328 e. The van der Waals surface area contributed by atoms with Gasteiger partial charge >= 0.3 is 0 Å². The van der Waals surface area contributed by atoms with Crippen LogP contribution in [0.3, 0.4) is 0 Å². The molecule has 2 rings (SSSR count). The average Bonchev–Trinajstić information content (AvgIpc) is 2.77. The molecule has 1 aliphatic rings. The van der Waals surface area contributed by atoms with Crippen molar-refractivity contribution in [2.45, 2.75) is 11.8 Å². The van der Waals surface area contributed by atoms with Crippen molar-refractivity contribution >= 4 is 17.4 Å². The molecule has 0 atom stereocenters. The summed E-state index contributed by atoms with van der Waals surface area (Å²) < 4.78 is 0. The molecular weight excluding hydrogens is 242 g/mol. The first-order valence-electron chi connectivity index (χ1n) is 5.40. The van der Waals surface area contributed by atoms with Crippen LogP contribution in [0.25, 0.3) is 0 Å². The number of nitriles is 2. The summed E-state index contributed by atoms with van der Waals surface area (Å²) in [4.78, 5) is 3.23. The van der Waals surface area contributed by atoms with E-state index >= 15 is 0 Å². The zero-order valence-corrected chi connectivity index (χ0v) is 10.6. The van der Waals surface area contributed by atoms with Gasteiger partial charge in [0.2, 0.25) is 0 Å². The van der Waals surface area contributed by atoms with Gasteiger partial charge in [-0.2, -0.15) is 10.5 Å². The Balaban J connectivity index is 2.53. The van der Waals surface area contributed by atoms with Crippen LogP contribution < -0.4 is 4.90 Å². The minimum atomic E-state index is -0.0601. The highest BCUT2D eigenvalue weighted by atomic mass is 32.2. The van der Waals surface area contributed by atoms with Crippen molar-refractivity contribution < 1.29 is 0 Å². The van der Waals surface area contributed by atoms with E-state index < -0.39 is 0 Å². The molecule has 0 aliphatic carbocycles. The molecule has 18 heavy (non-hydrogen) atoms. The molecule has 0 saturated carbocycles. The summed E-state index contributed by atoms with van der Waals surface area (Å²) in [5.41, 5.74) is 6.58. The second kappa shape index (κ2) is 5.32. The van der Waals surface area contributed by atoms with E-state index in [1.54, 1.807) is 23.9 Å². The molecule has 1 aromatic rings. The summed E-state index contributed by atoms with van der Waals surface area (Å²) >= 11 is 1.57. The Morgan fingerprint density at radius 1 is 1.28 bits per heavy atom. The molecule has 0 spiro atoms.